The Labute approximate surface area is 88.4 Å². The monoisotopic (exact) mass is 190 g/mol. The van der Waals surface area contributed by atoms with Gasteiger partial charge < -0.3 is 0 Å². The van der Waals surface area contributed by atoms with Crippen LogP contribution in [0.1, 0.15) is 55.7 Å². The van der Waals surface area contributed by atoms with E-state index >= 15 is 0 Å². The fourth-order valence-electron chi connectivity index (χ4n) is 2.04. The lowest BCUT2D eigenvalue weighted by atomic mass is 9.91. The highest BCUT2D eigenvalue weighted by Gasteiger charge is 2.07. The zero-order chi connectivity index (χ0) is 10.6. The summed E-state index contributed by atoms with van der Waals surface area (Å²) in [7, 11) is 0. The van der Waals surface area contributed by atoms with Crippen molar-refractivity contribution in [3.8, 4) is 0 Å². The lowest BCUT2D eigenvalue weighted by Gasteiger charge is -2.14. The minimum absolute atomic E-state index is 0.718. The van der Waals surface area contributed by atoms with Gasteiger partial charge in [-0.25, -0.2) is 0 Å². The van der Waals surface area contributed by atoms with Crippen molar-refractivity contribution in [2.45, 2.75) is 52.9 Å². The molecule has 0 heteroatoms. The van der Waals surface area contributed by atoms with E-state index < -0.39 is 0 Å². The van der Waals surface area contributed by atoms with E-state index in [4.69, 9.17) is 0 Å². The summed E-state index contributed by atoms with van der Waals surface area (Å²) in [6, 6.07) is 6.81. The van der Waals surface area contributed by atoms with E-state index in [9.17, 15) is 0 Å². The predicted octanol–water partition coefficient (Wildman–Crippen LogP) is 4.60. The number of benzene rings is 1. The molecule has 0 aliphatic carbocycles. The topological polar surface area (TPSA) is 0 Å². The fraction of sp³-hybridized carbons (Fsp3) is 0.571. The minimum atomic E-state index is 0.718. The van der Waals surface area contributed by atoms with Crippen LogP contribution in [0.25, 0.3) is 0 Å². The molecule has 1 unspecified atom stereocenters. The molecular weight excluding hydrogens is 168 g/mol. The molecule has 0 heterocycles. The van der Waals surface area contributed by atoms with Gasteiger partial charge in [-0.05, 0) is 37.3 Å². The summed E-state index contributed by atoms with van der Waals surface area (Å²) in [6.45, 7) is 8.99. The number of unbranched alkanes of at least 4 members (excludes halogenated alkanes) is 1. The average molecular weight is 190 g/mol. The van der Waals surface area contributed by atoms with E-state index in [-0.39, 0.29) is 0 Å². The second-order valence-corrected chi connectivity index (χ2v) is 4.40. The van der Waals surface area contributed by atoms with Gasteiger partial charge in [0.05, 0.1) is 0 Å². The lowest BCUT2D eigenvalue weighted by Crippen LogP contribution is -1.97. The molecule has 0 spiro atoms. The summed E-state index contributed by atoms with van der Waals surface area (Å²) in [5.74, 6) is 0.718. The standard InChI is InChI=1S/C14H22/c1-5-6-7-12(3)14-9-8-11(2)10-13(14)4/h8-10,12H,5-7H2,1-4H3. The van der Waals surface area contributed by atoms with E-state index in [1.807, 2.05) is 0 Å². The van der Waals surface area contributed by atoms with Crippen LogP contribution in [-0.4, -0.2) is 0 Å². The summed E-state index contributed by atoms with van der Waals surface area (Å²) >= 11 is 0. The van der Waals surface area contributed by atoms with Gasteiger partial charge in [-0.3, -0.25) is 0 Å². The van der Waals surface area contributed by atoms with Gasteiger partial charge in [0.15, 0.2) is 0 Å². The SMILES string of the molecule is CCCCC(C)c1ccc(C)cc1C. The maximum atomic E-state index is 2.34. The molecule has 0 radical (unpaired) electrons. The lowest BCUT2D eigenvalue weighted by molar-refractivity contribution is 0.622. The normalized spacial score (nSPS) is 12.9. The Balaban J connectivity index is 2.74. The van der Waals surface area contributed by atoms with E-state index in [2.05, 4.69) is 45.9 Å². The molecule has 0 aromatic heterocycles. The van der Waals surface area contributed by atoms with Gasteiger partial charge >= 0.3 is 0 Å². The van der Waals surface area contributed by atoms with Crippen LogP contribution >= 0.6 is 0 Å². The maximum absolute atomic E-state index is 2.34. The summed E-state index contributed by atoms with van der Waals surface area (Å²) in [5.41, 5.74) is 4.35. The molecule has 0 aliphatic rings. The van der Waals surface area contributed by atoms with Crippen molar-refractivity contribution in [2.24, 2.45) is 0 Å². The molecule has 78 valence electrons. The Hall–Kier alpha value is -0.780. The number of aryl methyl sites for hydroxylation is 2. The Morgan fingerprint density at radius 2 is 1.93 bits per heavy atom. The second kappa shape index (κ2) is 5.19. The highest BCUT2D eigenvalue weighted by molar-refractivity contribution is 5.32. The smallest absolute Gasteiger partial charge is 0.0188 e. The van der Waals surface area contributed by atoms with Crippen molar-refractivity contribution >= 4 is 0 Å². The van der Waals surface area contributed by atoms with Gasteiger partial charge in [0.1, 0.15) is 0 Å². The molecule has 1 aromatic carbocycles. The second-order valence-electron chi connectivity index (χ2n) is 4.40. The molecule has 0 N–H and O–H groups in total. The van der Waals surface area contributed by atoms with Crippen LogP contribution in [0, 0.1) is 13.8 Å². The first kappa shape index (κ1) is 11.3. The van der Waals surface area contributed by atoms with E-state index in [1.165, 1.54) is 36.0 Å². The van der Waals surface area contributed by atoms with Crippen LogP contribution in [0.4, 0.5) is 0 Å². The fourth-order valence-corrected chi connectivity index (χ4v) is 2.04. The third-order valence-corrected chi connectivity index (χ3v) is 2.95. The molecule has 14 heavy (non-hydrogen) atoms. The van der Waals surface area contributed by atoms with E-state index in [1.54, 1.807) is 0 Å². The minimum Gasteiger partial charge on any atom is -0.0654 e. The van der Waals surface area contributed by atoms with Crippen molar-refractivity contribution < 1.29 is 0 Å². The number of hydrogen-bond acceptors (Lipinski definition) is 0. The van der Waals surface area contributed by atoms with Crippen LogP contribution in [-0.2, 0) is 0 Å². The van der Waals surface area contributed by atoms with Gasteiger partial charge in [-0.15, -0.1) is 0 Å². The summed E-state index contributed by atoms with van der Waals surface area (Å²) < 4.78 is 0. The molecule has 0 bridgehead atoms. The third kappa shape index (κ3) is 2.87. The highest BCUT2D eigenvalue weighted by atomic mass is 14.1. The zero-order valence-electron chi connectivity index (χ0n) is 9.93. The van der Waals surface area contributed by atoms with Crippen molar-refractivity contribution in [2.75, 3.05) is 0 Å². The molecule has 1 aromatic rings. The van der Waals surface area contributed by atoms with Gasteiger partial charge in [-0.2, -0.15) is 0 Å². The van der Waals surface area contributed by atoms with E-state index in [0.29, 0.717) is 0 Å². The molecule has 0 amide bonds. The quantitative estimate of drug-likeness (QED) is 0.651. The summed E-state index contributed by atoms with van der Waals surface area (Å²) in [5, 5.41) is 0. The average Bonchev–Trinajstić information content (AvgIpc) is 2.14. The molecule has 1 atom stereocenters. The third-order valence-electron chi connectivity index (χ3n) is 2.95. The van der Waals surface area contributed by atoms with Crippen molar-refractivity contribution in [3.63, 3.8) is 0 Å². The van der Waals surface area contributed by atoms with Crippen molar-refractivity contribution in [1.82, 2.24) is 0 Å². The Kier molecular flexibility index (Phi) is 4.19. The van der Waals surface area contributed by atoms with Gasteiger partial charge in [-0.1, -0.05) is 50.5 Å². The van der Waals surface area contributed by atoms with Gasteiger partial charge in [0.25, 0.3) is 0 Å². The molecular formula is C14H22. The van der Waals surface area contributed by atoms with Gasteiger partial charge in [0, 0.05) is 0 Å². The first-order chi connectivity index (χ1) is 6.65. The molecule has 0 nitrogen and oxygen atoms in total. The number of rotatable bonds is 4. The van der Waals surface area contributed by atoms with Crippen LogP contribution in [0.2, 0.25) is 0 Å². The predicted molar refractivity (Wildman–Crippen MR) is 63.9 cm³/mol. The largest absolute Gasteiger partial charge is 0.0654 e. The van der Waals surface area contributed by atoms with Crippen LogP contribution in [0.5, 0.6) is 0 Å². The Morgan fingerprint density at radius 3 is 2.50 bits per heavy atom. The van der Waals surface area contributed by atoms with Crippen molar-refractivity contribution in [1.29, 1.82) is 0 Å². The Morgan fingerprint density at radius 1 is 1.21 bits per heavy atom. The molecule has 1 rings (SSSR count). The summed E-state index contributed by atoms with van der Waals surface area (Å²) in [6.07, 6.45) is 3.96. The van der Waals surface area contributed by atoms with E-state index in [0.717, 1.165) is 5.92 Å². The first-order valence-corrected chi connectivity index (χ1v) is 5.72. The summed E-state index contributed by atoms with van der Waals surface area (Å²) in [4.78, 5) is 0. The maximum Gasteiger partial charge on any atom is -0.0188 e. The highest BCUT2D eigenvalue weighted by Crippen LogP contribution is 2.24. The zero-order valence-corrected chi connectivity index (χ0v) is 9.93. The molecule has 0 fully saturated rings. The van der Waals surface area contributed by atoms with Crippen LogP contribution in [0.3, 0.4) is 0 Å². The van der Waals surface area contributed by atoms with Crippen LogP contribution < -0.4 is 0 Å². The molecule has 0 saturated carbocycles. The Bertz CT molecular complexity index is 286. The first-order valence-electron chi connectivity index (χ1n) is 5.72. The van der Waals surface area contributed by atoms with Crippen molar-refractivity contribution in [3.05, 3.63) is 34.9 Å². The van der Waals surface area contributed by atoms with Crippen LogP contribution in [0.15, 0.2) is 18.2 Å². The molecule has 0 aliphatic heterocycles. The number of hydrogen-bond donors (Lipinski definition) is 0. The van der Waals surface area contributed by atoms with Gasteiger partial charge in [0.2, 0.25) is 0 Å². The molecule has 0 saturated heterocycles.